The van der Waals surface area contributed by atoms with Gasteiger partial charge in [-0.1, -0.05) is 13.8 Å². The number of nitrogens with one attached hydrogen (secondary N) is 3. The monoisotopic (exact) mass is 283 g/mol. The number of hydrogen-bond acceptors (Lipinski definition) is 4. The first-order chi connectivity index (χ1) is 9.10. The van der Waals surface area contributed by atoms with Gasteiger partial charge in [0.15, 0.2) is 0 Å². The molecule has 0 fully saturated rings. The maximum absolute atomic E-state index is 12.1. The number of ether oxygens (including phenoxy) is 1. The van der Waals surface area contributed by atoms with Gasteiger partial charge >= 0.3 is 11.7 Å². The molecule has 112 valence electrons. The van der Waals surface area contributed by atoms with Crippen molar-refractivity contribution in [3.63, 3.8) is 0 Å². The quantitative estimate of drug-likeness (QED) is 0.711. The van der Waals surface area contributed by atoms with E-state index in [9.17, 15) is 14.4 Å². The number of aromatic nitrogens is 2. The molecule has 1 aromatic heterocycles. The second kappa shape index (κ2) is 5.94. The van der Waals surface area contributed by atoms with Gasteiger partial charge in [-0.2, -0.15) is 0 Å². The second-order valence-corrected chi connectivity index (χ2v) is 5.89. The van der Waals surface area contributed by atoms with Gasteiger partial charge in [-0.15, -0.1) is 0 Å². The fraction of sp³-hybridized carbons (Fsp3) is 0.615. The summed E-state index contributed by atoms with van der Waals surface area (Å²) in [5, 5.41) is 2.56. The van der Waals surface area contributed by atoms with Crippen molar-refractivity contribution in [1.82, 2.24) is 15.3 Å². The molecule has 20 heavy (non-hydrogen) atoms. The summed E-state index contributed by atoms with van der Waals surface area (Å²) in [6, 6.07) is -0.778. The molecule has 0 radical (unpaired) electrons. The molecular weight excluding hydrogens is 262 g/mol. The maximum Gasteiger partial charge on any atom is 0.329 e. The number of carbonyl (C=O) groups excluding carboxylic acids is 2. The van der Waals surface area contributed by atoms with Gasteiger partial charge in [-0.25, -0.2) is 9.59 Å². The fourth-order valence-corrected chi connectivity index (χ4v) is 1.54. The molecule has 0 aliphatic heterocycles. The number of hydrogen-bond donors (Lipinski definition) is 3. The lowest BCUT2D eigenvalue weighted by Crippen LogP contribution is -2.47. The van der Waals surface area contributed by atoms with Crippen LogP contribution in [0.5, 0.6) is 0 Å². The van der Waals surface area contributed by atoms with Crippen molar-refractivity contribution >= 4 is 11.9 Å². The van der Waals surface area contributed by atoms with E-state index in [1.54, 1.807) is 34.6 Å². The molecule has 0 saturated heterocycles. The summed E-state index contributed by atoms with van der Waals surface area (Å²) < 4.78 is 5.27. The number of amides is 1. The molecule has 1 aromatic rings. The SMILES string of the molecule is CC(C)[C@@H](NC(=O)c1c[nH]c(=O)[nH]1)C(=O)OC(C)(C)C. The highest BCUT2D eigenvalue weighted by Crippen LogP contribution is 2.12. The molecule has 0 aromatic carbocycles. The van der Waals surface area contributed by atoms with Gasteiger partial charge in [0.2, 0.25) is 0 Å². The lowest BCUT2D eigenvalue weighted by molar-refractivity contribution is -0.158. The summed E-state index contributed by atoms with van der Waals surface area (Å²) in [5.41, 5.74) is -1.03. The van der Waals surface area contributed by atoms with E-state index in [1.807, 2.05) is 0 Å². The van der Waals surface area contributed by atoms with Crippen LogP contribution in [0, 0.1) is 5.92 Å². The normalized spacial score (nSPS) is 13.1. The van der Waals surface area contributed by atoms with Crippen LogP contribution in [0.1, 0.15) is 45.1 Å². The minimum absolute atomic E-state index is 0.0733. The topological polar surface area (TPSA) is 104 Å². The van der Waals surface area contributed by atoms with Gasteiger partial charge < -0.3 is 20.0 Å². The third kappa shape index (κ3) is 4.56. The van der Waals surface area contributed by atoms with E-state index in [4.69, 9.17) is 4.74 Å². The average molecular weight is 283 g/mol. The van der Waals surface area contributed by atoms with Crippen LogP contribution in [-0.2, 0) is 9.53 Å². The Morgan fingerprint density at radius 2 is 1.90 bits per heavy atom. The number of rotatable bonds is 4. The lowest BCUT2D eigenvalue weighted by Gasteiger charge is -2.26. The molecule has 3 N–H and O–H groups in total. The number of aromatic amines is 2. The minimum atomic E-state index is -0.778. The van der Waals surface area contributed by atoms with Gasteiger partial charge in [0.1, 0.15) is 17.3 Å². The van der Waals surface area contributed by atoms with E-state index < -0.39 is 29.2 Å². The summed E-state index contributed by atoms with van der Waals surface area (Å²) in [6.07, 6.45) is 1.25. The van der Waals surface area contributed by atoms with Crippen molar-refractivity contribution in [3.05, 3.63) is 22.4 Å². The zero-order valence-corrected chi connectivity index (χ0v) is 12.4. The summed E-state index contributed by atoms with van der Waals surface area (Å²) in [6.45, 7) is 8.87. The Balaban J connectivity index is 2.80. The van der Waals surface area contributed by atoms with Crippen LogP contribution in [-0.4, -0.2) is 33.5 Å². The zero-order valence-electron chi connectivity index (χ0n) is 12.4. The molecule has 1 heterocycles. The van der Waals surface area contributed by atoms with Crippen LogP contribution in [0.2, 0.25) is 0 Å². The van der Waals surface area contributed by atoms with Gasteiger partial charge in [0.25, 0.3) is 5.91 Å². The van der Waals surface area contributed by atoms with Crippen molar-refractivity contribution in [2.24, 2.45) is 5.92 Å². The Morgan fingerprint density at radius 1 is 1.30 bits per heavy atom. The predicted molar refractivity (Wildman–Crippen MR) is 73.4 cm³/mol. The highest BCUT2D eigenvalue weighted by Gasteiger charge is 2.29. The summed E-state index contributed by atoms with van der Waals surface area (Å²) in [7, 11) is 0. The number of H-pyrrole nitrogens is 2. The largest absolute Gasteiger partial charge is 0.458 e. The van der Waals surface area contributed by atoms with Gasteiger partial charge in [0.05, 0.1) is 0 Å². The molecule has 1 amide bonds. The van der Waals surface area contributed by atoms with E-state index in [1.165, 1.54) is 6.20 Å². The van der Waals surface area contributed by atoms with E-state index in [0.29, 0.717) is 0 Å². The number of imidazole rings is 1. The predicted octanol–water partition coefficient (Wildman–Crippen LogP) is 0.799. The number of esters is 1. The van der Waals surface area contributed by atoms with Crippen LogP contribution in [0.3, 0.4) is 0 Å². The van der Waals surface area contributed by atoms with Gasteiger partial charge in [-0.05, 0) is 26.7 Å². The summed E-state index contributed by atoms with van der Waals surface area (Å²) >= 11 is 0. The van der Waals surface area contributed by atoms with Crippen LogP contribution < -0.4 is 11.0 Å². The van der Waals surface area contributed by atoms with Crippen LogP contribution in [0.25, 0.3) is 0 Å². The molecule has 7 heteroatoms. The first kappa shape index (κ1) is 16.0. The first-order valence-corrected chi connectivity index (χ1v) is 6.41. The Labute approximate surface area is 117 Å². The molecule has 0 saturated carbocycles. The average Bonchev–Trinajstić information content (AvgIpc) is 2.69. The van der Waals surface area contributed by atoms with E-state index in [-0.39, 0.29) is 11.6 Å². The van der Waals surface area contributed by atoms with E-state index >= 15 is 0 Å². The molecule has 0 bridgehead atoms. The van der Waals surface area contributed by atoms with Crippen LogP contribution in [0.4, 0.5) is 0 Å². The Bertz CT molecular complexity index is 536. The van der Waals surface area contributed by atoms with Crippen molar-refractivity contribution < 1.29 is 14.3 Å². The van der Waals surface area contributed by atoms with Crippen molar-refractivity contribution in [2.75, 3.05) is 0 Å². The smallest absolute Gasteiger partial charge is 0.329 e. The Hall–Kier alpha value is -2.05. The van der Waals surface area contributed by atoms with Gasteiger partial charge in [-0.3, -0.25) is 4.79 Å². The zero-order chi connectivity index (χ0) is 15.5. The maximum atomic E-state index is 12.1. The lowest BCUT2D eigenvalue weighted by atomic mass is 10.0. The highest BCUT2D eigenvalue weighted by molar-refractivity contribution is 5.95. The van der Waals surface area contributed by atoms with E-state index in [0.717, 1.165) is 0 Å². The molecule has 0 spiro atoms. The van der Waals surface area contributed by atoms with Crippen LogP contribution >= 0.6 is 0 Å². The molecule has 0 aliphatic rings. The van der Waals surface area contributed by atoms with Crippen molar-refractivity contribution in [2.45, 2.75) is 46.3 Å². The fourth-order valence-electron chi connectivity index (χ4n) is 1.54. The minimum Gasteiger partial charge on any atom is -0.458 e. The summed E-state index contributed by atoms with van der Waals surface area (Å²) in [5.74, 6) is -1.17. The standard InChI is InChI=1S/C13H21N3O4/c1-7(2)9(11(18)20-13(3,4)5)16-10(17)8-6-14-12(19)15-8/h6-7,9H,1-5H3,(H,16,17)(H2,14,15,19)/t9-/m1/s1. The first-order valence-electron chi connectivity index (χ1n) is 6.41. The number of carbonyl (C=O) groups is 2. The van der Waals surface area contributed by atoms with Crippen molar-refractivity contribution in [1.29, 1.82) is 0 Å². The Morgan fingerprint density at radius 3 is 2.30 bits per heavy atom. The second-order valence-electron chi connectivity index (χ2n) is 5.89. The van der Waals surface area contributed by atoms with Crippen LogP contribution in [0.15, 0.2) is 11.0 Å². The molecule has 0 unspecified atom stereocenters. The summed E-state index contributed by atoms with van der Waals surface area (Å²) in [4.78, 5) is 39.6. The highest BCUT2D eigenvalue weighted by atomic mass is 16.6. The van der Waals surface area contributed by atoms with Gasteiger partial charge in [0, 0.05) is 6.20 Å². The molecule has 7 nitrogen and oxygen atoms in total. The Kier molecular flexibility index (Phi) is 4.75. The molecule has 0 aliphatic carbocycles. The molecular formula is C13H21N3O4. The van der Waals surface area contributed by atoms with E-state index in [2.05, 4.69) is 15.3 Å². The molecule has 1 atom stereocenters. The molecule has 1 rings (SSSR count). The third-order valence-electron chi connectivity index (χ3n) is 2.45. The third-order valence-corrected chi connectivity index (χ3v) is 2.45. The van der Waals surface area contributed by atoms with Crippen molar-refractivity contribution in [3.8, 4) is 0 Å².